The summed E-state index contributed by atoms with van der Waals surface area (Å²) in [4.78, 5) is 27.5. The zero-order valence-corrected chi connectivity index (χ0v) is 16.3. The number of nitrogens with zero attached hydrogens (tertiary/aromatic N) is 1. The van der Waals surface area contributed by atoms with Crippen molar-refractivity contribution in [1.82, 2.24) is 10.2 Å². The highest BCUT2D eigenvalue weighted by Crippen LogP contribution is 2.42. The van der Waals surface area contributed by atoms with Gasteiger partial charge in [0.2, 0.25) is 5.91 Å². The van der Waals surface area contributed by atoms with Crippen molar-refractivity contribution in [3.8, 4) is 0 Å². The summed E-state index contributed by atoms with van der Waals surface area (Å²) in [6.45, 7) is 4.52. The van der Waals surface area contributed by atoms with Crippen LogP contribution in [0.1, 0.15) is 40.2 Å². The third-order valence-corrected chi connectivity index (χ3v) is 5.86. The molecule has 0 unspecified atom stereocenters. The van der Waals surface area contributed by atoms with E-state index in [0.717, 1.165) is 17.5 Å². The molecule has 1 aliphatic heterocycles. The average molecular weight is 386 g/mol. The molecule has 1 N–H and O–H groups in total. The van der Waals surface area contributed by atoms with Crippen LogP contribution in [0.15, 0.2) is 48.5 Å². The van der Waals surface area contributed by atoms with Crippen LogP contribution in [0, 0.1) is 12.7 Å². The summed E-state index contributed by atoms with van der Waals surface area (Å²) in [6.07, 6.45) is 0.832. The zero-order chi connectivity index (χ0) is 19.4. The average Bonchev–Trinajstić information content (AvgIpc) is 3.12. The molecule has 2 aromatic carbocycles. The summed E-state index contributed by atoms with van der Waals surface area (Å²) in [5, 5.41) is 2.57. The second-order valence-electron chi connectivity index (χ2n) is 6.62. The van der Waals surface area contributed by atoms with Gasteiger partial charge in [-0.3, -0.25) is 9.59 Å². The maximum atomic E-state index is 13.3. The van der Waals surface area contributed by atoms with Gasteiger partial charge in [0.05, 0.1) is 0 Å². The number of carbonyl (C=O) groups is 2. The number of rotatable bonds is 5. The predicted octanol–water partition coefficient (Wildman–Crippen LogP) is 3.92. The van der Waals surface area contributed by atoms with E-state index in [4.69, 9.17) is 0 Å². The van der Waals surface area contributed by atoms with Gasteiger partial charge in [-0.05, 0) is 43.2 Å². The largest absolute Gasteiger partial charge is 0.354 e. The molecule has 1 fully saturated rings. The lowest BCUT2D eigenvalue weighted by Crippen LogP contribution is -2.48. The van der Waals surface area contributed by atoms with Gasteiger partial charge in [0.15, 0.2) is 0 Å². The number of hydrogen-bond donors (Lipinski definition) is 1. The number of carbonyl (C=O) groups excluding carboxylic acids is 2. The summed E-state index contributed by atoms with van der Waals surface area (Å²) in [5.74, 6) is -0.148. The fraction of sp³-hybridized carbons (Fsp3) is 0.333. The molecule has 0 saturated carbocycles. The van der Waals surface area contributed by atoms with Gasteiger partial charge in [-0.2, -0.15) is 0 Å². The molecule has 1 aliphatic rings. The molecule has 1 heterocycles. The Morgan fingerprint density at radius 1 is 1.15 bits per heavy atom. The highest BCUT2D eigenvalue weighted by molar-refractivity contribution is 7.99. The molecule has 0 aromatic heterocycles. The molecule has 1 saturated heterocycles. The molecule has 2 atom stereocenters. The van der Waals surface area contributed by atoms with Gasteiger partial charge in [0, 0.05) is 17.9 Å². The second-order valence-corrected chi connectivity index (χ2v) is 7.74. The van der Waals surface area contributed by atoms with Gasteiger partial charge in [-0.15, -0.1) is 11.8 Å². The second kappa shape index (κ2) is 8.57. The lowest BCUT2D eigenvalue weighted by atomic mass is 10.1. The lowest BCUT2D eigenvalue weighted by Gasteiger charge is -2.29. The molecular formula is C21H23FN2O2S. The number of halogens is 1. The maximum Gasteiger partial charge on any atom is 0.255 e. The Bertz CT molecular complexity index is 808. The molecule has 4 nitrogen and oxygen atoms in total. The van der Waals surface area contributed by atoms with E-state index in [1.165, 1.54) is 23.9 Å². The van der Waals surface area contributed by atoms with E-state index >= 15 is 0 Å². The van der Waals surface area contributed by atoms with E-state index in [0.29, 0.717) is 17.9 Å². The van der Waals surface area contributed by atoms with Gasteiger partial charge >= 0.3 is 0 Å². The monoisotopic (exact) mass is 386 g/mol. The predicted molar refractivity (Wildman–Crippen MR) is 106 cm³/mol. The topological polar surface area (TPSA) is 49.4 Å². The van der Waals surface area contributed by atoms with Crippen LogP contribution < -0.4 is 5.32 Å². The molecule has 0 radical (unpaired) electrons. The molecule has 6 heteroatoms. The first-order chi connectivity index (χ1) is 13.0. The number of aryl methyl sites for hydroxylation is 1. The van der Waals surface area contributed by atoms with E-state index in [2.05, 4.69) is 5.32 Å². The van der Waals surface area contributed by atoms with E-state index < -0.39 is 6.04 Å². The van der Waals surface area contributed by atoms with Gasteiger partial charge < -0.3 is 10.2 Å². The number of nitrogens with one attached hydrogen (secondary N) is 1. The Morgan fingerprint density at radius 3 is 2.44 bits per heavy atom. The van der Waals surface area contributed by atoms with Crippen LogP contribution in [0.2, 0.25) is 0 Å². The third-order valence-electron chi connectivity index (χ3n) is 4.54. The standard InChI is InChI=1S/C21H23FN2O2S/c1-3-12-23-19(25)18-13-27-21(16-8-10-17(22)11-9-16)24(18)20(26)15-6-4-14(2)5-7-15/h4-11,18,21H,3,12-13H2,1-2H3,(H,23,25)/t18-,21+/m0/s1. The first-order valence-electron chi connectivity index (χ1n) is 9.05. The minimum Gasteiger partial charge on any atom is -0.354 e. The normalized spacial score (nSPS) is 19.1. The number of thioether (sulfide) groups is 1. The van der Waals surface area contributed by atoms with Gasteiger partial charge in [-0.25, -0.2) is 4.39 Å². The van der Waals surface area contributed by atoms with Crippen molar-refractivity contribution in [2.45, 2.75) is 31.7 Å². The first kappa shape index (κ1) is 19.4. The summed E-state index contributed by atoms with van der Waals surface area (Å²) in [5.41, 5.74) is 2.42. The van der Waals surface area contributed by atoms with Crippen LogP contribution in [0.4, 0.5) is 4.39 Å². The van der Waals surface area contributed by atoms with Crippen molar-refractivity contribution in [1.29, 1.82) is 0 Å². The van der Waals surface area contributed by atoms with Crippen LogP contribution in [-0.2, 0) is 4.79 Å². The van der Waals surface area contributed by atoms with Crippen LogP contribution in [0.5, 0.6) is 0 Å². The fourth-order valence-electron chi connectivity index (χ4n) is 3.05. The third kappa shape index (κ3) is 4.33. The van der Waals surface area contributed by atoms with Crippen molar-refractivity contribution in [3.63, 3.8) is 0 Å². The highest BCUT2D eigenvalue weighted by Gasteiger charge is 2.42. The molecule has 0 bridgehead atoms. The van der Waals surface area contributed by atoms with E-state index in [9.17, 15) is 14.0 Å². The maximum absolute atomic E-state index is 13.3. The smallest absolute Gasteiger partial charge is 0.255 e. The molecule has 2 aromatic rings. The first-order valence-corrected chi connectivity index (χ1v) is 10.1. The Balaban J connectivity index is 1.93. The summed E-state index contributed by atoms with van der Waals surface area (Å²) in [6, 6.07) is 12.9. The zero-order valence-electron chi connectivity index (χ0n) is 15.4. The number of benzene rings is 2. The van der Waals surface area contributed by atoms with E-state index in [1.54, 1.807) is 29.2 Å². The molecule has 3 rings (SSSR count). The van der Waals surface area contributed by atoms with Gasteiger partial charge in [-0.1, -0.05) is 36.8 Å². The van der Waals surface area contributed by atoms with Gasteiger partial charge in [0.25, 0.3) is 5.91 Å². The molecule has 0 aliphatic carbocycles. The quantitative estimate of drug-likeness (QED) is 0.847. The molecule has 27 heavy (non-hydrogen) atoms. The van der Waals surface area contributed by atoms with Crippen LogP contribution >= 0.6 is 11.8 Å². The van der Waals surface area contributed by atoms with Crippen LogP contribution in [0.3, 0.4) is 0 Å². The number of amides is 2. The Kier molecular flexibility index (Phi) is 6.16. The molecule has 2 amide bonds. The van der Waals surface area contributed by atoms with Crippen LogP contribution in [-0.4, -0.2) is 35.1 Å². The Hall–Kier alpha value is -2.34. The Labute approximate surface area is 163 Å². The van der Waals surface area contributed by atoms with Crippen molar-refractivity contribution in [2.75, 3.05) is 12.3 Å². The van der Waals surface area contributed by atoms with E-state index in [1.807, 2.05) is 26.0 Å². The summed E-state index contributed by atoms with van der Waals surface area (Å²) in [7, 11) is 0. The van der Waals surface area contributed by atoms with Crippen molar-refractivity contribution in [3.05, 3.63) is 71.0 Å². The molecular weight excluding hydrogens is 363 g/mol. The van der Waals surface area contributed by atoms with Crippen molar-refractivity contribution < 1.29 is 14.0 Å². The Morgan fingerprint density at radius 2 is 1.81 bits per heavy atom. The lowest BCUT2D eigenvalue weighted by molar-refractivity contribution is -0.124. The van der Waals surface area contributed by atoms with Crippen molar-refractivity contribution >= 4 is 23.6 Å². The van der Waals surface area contributed by atoms with Crippen LogP contribution in [0.25, 0.3) is 0 Å². The summed E-state index contributed by atoms with van der Waals surface area (Å²) >= 11 is 1.53. The SMILES string of the molecule is CCCNC(=O)[C@@H]1CS[C@H](c2ccc(F)cc2)N1C(=O)c1ccc(C)cc1. The van der Waals surface area contributed by atoms with Crippen molar-refractivity contribution in [2.24, 2.45) is 0 Å². The van der Waals surface area contributed by atoms with Gasteiger partial charge in [0.1, 0.15) is 17.2 Å². The fourth-order valence-corrected chi connectivity index (χ4v) is 4.48. The minimum absolute atomic E-state index is 0.144. The molecule has 142 valence electrons. The van der Waals surface area contributed by atoms with E-state index in [-0.39, 0.29) is 23.0 Å². The minimum atomic E-state index is -0.551. The number of hydrogen-bond acceptors (Lipinski definition) is 3. The highest BCUT2D eigenvalue weighted by atomic mass is 32.2. The molecule has 0 spiro atoms. The summed E-state index contributed by atoms with van der Waals surface area (Å²) < 4.78 is 13.3.